The maximum atomic E-state index is 10.6. The largest absolute Gasteiger partial charge is 2.00 e. The summed E-state index contributed by atoms with van der Waals surface area (Å²) < 4.78 is 34.5. The van der Waals surface area contributed by atoms with Crippen LogP contribution in [-0.4, -0.2) is 184 Å². The van der Waals surface area contributed by atoms with E-state index in [1.165, 1.54) is 0 Å². The van der Waals surface area contributed by atoms with Gasteiger partial charge in [-0.15, -0.1) is 0 Å². The molecule has 0 saturated carbocycles. The number of nitrogens with one attached hydrogen (secondary N) is 4. The molecule has 22 nitrogen and oxygen atoms in total. The zero-order valence-corrected chi connectivity index (χ0v) is 67.1. The Morgan fingerprint density at radius 1 is 0.403 bits per heavy atom. The molecule has 0 spiro atoms. The molecule has 0 radical (unpaired) electrons. The predicted octanol–water partition coefficient (Wildman–Crippen LogP) is 11.7. The first-order chi connectivity index (χ1) is 57.9. The number of rotatable bonds is 18. The van der Waals surface area contributed by atoms with Crippen LogP contribution in [0.25, 0.3) is 96.5 Å². The number of nitrogens with zero attached hydrogens (tertiary/aromatic N) is 4. The zero-order valence-electron chi connectivity index (χ0n) is 64.1. The van der Waals surface area contributed by atoms with E-state index in [2.05, 4.69) is 135 Å². The molecule has 12 atom stereocenters. The molecule has 2 fully saturated rings. The Bertz CT molecular complexity index is 6100. The van der Waals surface area contributed by atoms with Gasteiger partial charge < -0.3 is 89.5 Å². The van der Waals surface area contributed by atoms with Crippen LogP contribution < -0.4 is 14.8 Å². The number of hydrogen-bond donors (Lipinski definition) is 12. The van der Waals surface area contributed by atoms with Crippen molar-refractivity contribution in [3.8, 4) is 68.6 Å². The summed E-state index contributed by atoms with van der Waals surface area (Å²) in [7, 11) is 0. The van der Waals surface area contributed by atoms with E-state index >= 15 is 0 Å². The quantitative estimate of drug-likeness (QED) is 0.0216. The van der Waals surface area contributed by atoms with Gasteiger partial charge in [0.05, 0.1) is 106 Å². The number of allylic oxidation sites excluding steroid dienone is 7. The van der Waals surface area contributed by atoms with Crippen molar-refractivity contribution in [3.05, 3.63) is 316 Å². The number of benzene rings is 6. The van der Waals surface area contributed by atoms with E-state index in [0.29, 0.717) is 56.6 Å². The summed E-state index contributed by atoms with van der Waals surface area (Å²) in [4.78, 5) is 33.4. The van der Waals surface area contributed by atoms with Gasteiger partial charge >= 0.3 is 19.5 Å². The van der Waals surface area contributed by atoms with Gasteiger partial charge in [0.1, 0.15) is 73.5 Å². The number of aliphatic hydroxyl groups excluding tert-OH is 8. The second-order valence-corrected chi connectivity index (χ2v) is 29.2. The third-order valence-corrected chi connectivity index (χ3v) is 21.9. The smallest absolute Gasteiger partial charge is 0.491 e. The predicted molar refractivity (Wildman–Crippen MR) is 452 cm³/mol. The van der Waals surface area contributed by atoms with Gasteiger partial charge in [-0.2, -0.15) is 0 Å². The Morgan fingerprint density at radius 3 is 1.44 bits per heavy atom. The molecule has 119 heavy (non-hydrogen) atoms. The minimum atomic E-state index is -1.66. The summed E-state index contributed by atoms with van der Waals surface area (Å²) in [6.45, 7) is -0.958. The van der Waals surface area contributed by atoms with Crippen molar-refractivity contribution >= 4 is 74.5 Å². The van der Waals surface area contributed by atoms with E-state index in [4.69, 9.17) is 48.4 Å². The van der Waals surface area contributed by atoms with Crippen LogP contribution in [0.1, 0.15) is 62.3 Å². The van der Waals surface area contributed by atoms with Crippen LogP contribution in [0.4, 0.5) is 0 Å². The summed E-state index contributed by atoms with van der Waals surface area (Å²) in [6.07, 6.45) is 6.78. The second kappa shape index (κ2) is 35.1. The van der Waals surface area contributed by atoms with E-state index in [0.717, 1.165) is 112 Å². The number of aromatic amines is 3. The first kappa shape index (κ1) is 79.1. The Morgan fingerprint density at radius 2 is 0.874 bits per heavy atom. The molecule has 10 aromatic rings. The molecule has 12 N–H and O–H groups in total. The van der Waals surface area contributed by atoms with Crippen molar-refractivity contribution in [3.63, 3.8) is 0 Å². The number of H-pyrrole nitrogens is 3. The van der Waals surface area contributed by atoms with Crippen LogP contribution in [0.15, 0.2) is 270 Å². The Labute approximate surface area is 697 Å². The van der Waals surface area contributed by atoms with Crippen LogP contribution in [0.2, 0.25) is 0 Å². The van der Waals surface area contributed by atoms with E-state index < -0.39 is 74.6 Å². The fourth-order valence-corrected chi connectivity index (χ4v) is 16.1. The third-order valence-electron chi connectivity index (χ3n) is 21.9. The zero-order chi connectivity index (χ0) is 80.3. The number of fused-ring (bicyclic) bond motifs is 14. The first-order valence-corrected chi connectivity index (χ1v) is 39.0. The molecule has 2 saturated heterocycles. The molecule has 8 aliphatic rings. The monoisotopic (exact) mass is 1630 g/mol. The molecule has 0 amide bonds. The SMILES string of the molecule is OC[C@H]1O[C@H](O)[C@@H](O)[C@H](O)[C@@H]1OCCOc1ccc(/C2=C3\C=CC(N3)C(c3ccccc3)C3=N/C(=C(/C#CC#Cc4c5nc(c(-c6ccccc6)c6ccc([nH]6)c(-c6ccc(OCCO[C@H]7[C@@H](O)[C@H](O)[C@@H](O)O[C@@H]7CO)cc6)c6nc(c(-c7ccccc7)c7ccc4[nH]7)C=C6)C=C5)c4ccc([nH]4)/C(c4ccccc4)=C4/C=CC2=N4)C=C3)cc1.[Zn+2]. The van der Waals surface area contributed by atoms with E-state index in [-0.39, 0.29) is 57.9 Å². The van der Waals surface area contributed by atoms with Crippen molar-refractivity contribution < 1.29 is 88.8 Å². The minimum Gasteiger partial charge on any atom is -0.491 e. The topological polar surface area (TPSA) is 327 Å². The van der Waals surface area contributed by atoms with E-state index in [9.17, 15) is 40.9 Å². The molecular weight excluding hydrogens is 1550 g/mol. The van der Waals surface area contributed by atoms with Crippen LogP contribution >= 0.6 is 0 Å². The number of aliphatic imine (C=N–C) groups is 2. The maximum absolute atomic E-state index is 10.6. The van der Waals surface area contributed by atoms with Gasteiger partial charge in [0.25, 0.3) is 0 Å². The van der Waals surface area contributed by atoms with Crippen molar-refractivity contribution in [1.82, 2.24) is 30.2 Å². The van der Waals surface area contributed by atoms with Crippen molar-refractivity contribution in [2.75, 3.05) is 39.6 Å². The summed E-state index contributed by atoms with van der Waals surface area (Å²) in [6, 6.07) is 68.2. The first-order valence-electron chi connectivity index (χ1n) is 39.0. The fourth-order valence-electron chi connectivity index (χ4n) is 16.1. The van der Waals surface area contributed by atoms with Gasteiger partial charge in [-0.25, -0.2) is 15.0 Å². The Hall–Kier alpha value is -12.4. The number of aliphatic hydroxyl groups is 8. The molecule has 2 unspecified atom stereocenters. The van der Waals surface area contributed by atoms with Gasteiger partial charge in [-0.1, -0.05) is 152 Å². The fraction of sp³-hybridized carbons (Fsp3) is 0.188. The summed E-state index contributed by atoms with van der Waals surface area (Å²) in [5, 5.41) is 85.5. The van der Waals surface area contributed by atoms with Gasteiger partial charge in [0, 0.05) is 55.8 Å². The average Bonchev–Trinajstić information content (AvgIpc) is 1.62. The second-order valence-electron chi connectivity index (χ2n) is 29.2. The van der Waals surface area contributed by atoms with E-state index in [1.807, 2.05) is 176 Å². The van der Waals surface area contributed by atoms with Gasteiger partial charge in [-0.3, -0.25) is 4.99 Å². The van der Waals surface area contributed by atoms with Crippen molar-refractivity contribution in [2.45, 2.75) is 73.4 Å². The Balaban J connectivity index is 0.0000101. The summed E-state index contributed by atoms with van der Waals surface area (Å²) >= 11 is 0. The van der Waals surface area contributed by atoms with Crippen LogP contribution in [-0.2, 0) is 38.4 Å². The Kier molecular flexibility index (Phi) is 23.3. The maximum Gasteiger partial charge on any atom is 2.00 e. The molecule has 0 aliphatic carbocycles. The third kappa shape index (κ3) is 16.2. The summed E-state index contributed by atoms with van der Waals surface area (Å²) in [5.41, 5.74) is 22.1. The van der Waals surface area contributed by atoms with Crippen LogP contribution in [0, 0.1) is 23.7 Å². The molecule has 8 aliphatic heterocycles. The van der Waals surface area contributed by atoms with Gasteiger partial charge in [-0.05, 0) is 172 Å². The van der Waals surface area contributed by atoms with Crippen molar-refractivity contribution in [2.24, 2.45) is 9.98 Å². The molecule has 4 aromatic heterocycles. The standard InChI is InChI=1S/C96H80N8O14.Zn/c105-53-81-93(89(107)91(109)95(111)117-81)115-51-49-113-61-29-25-59(26-30-61)87-77-45-41-73(101-77)83(55-15-5-1-6-16-55)69-37-33-65(97-69)63(66-34-38-70(98-66)84(56-17-7-2-8-18-56)74-42-46-78(87)102-74)23-13-14-24-64-67-35-39-71(99-67)85(57-19-9-3-10-20-57)75-43-47-79(103-75)88(80-48-44-76(104-80)86(58-21-11-4-12-22-58)72-40-36-68(64)100-72)60-27-31-62(32-28-60)114-50-52-116-94-82(54-106)118-96(112)92(110)90(94)108;/h1-12,15-22,25-48,73,81-83,89-96,98-99,101,104-112H,49-54H2;/q;+2/b65-63-,67-64?,68-64?,84-74-,85-71?,85-75?,86-72?,86-76?,87-77-,88-79?,88-80?;/t73?,81-,82-,83?,89+,90+,91+,92+,93-,94-,95+,96+;/m1./s1. The van der Waals surface area contributed by atoms with Gasteiger partial charge in [0.15, 0.2) is 12.6 Å². The average molecular weight is 1640 g/mol. The molecular formula is C96H80N8O14Zn+2. The molecule has 23 heteroatoms. The molecule has 588 valence electrons. The van der Waals surface area contributed by atoms with Crippen LogP contribution in [0.5, 0.6) is 11.5 Å². The van der Waals surface area contributed by atoms with Crippen LogP contribution in [0.3, 0.4) is 0 Å². The van der Waals surface area contributed by atoms with Crippen molar-refractivity contribution in [1.29, 1.82) is 0 Å². The summed E-state index contributed by atoms with van der Waals surface area (Å²) in [5.74, 6) is 14.5. The number of hydrogen-bond acceptors (Lipinski definition) is 19. The molecule has 16 bridgehead atoms. The molecule has 12 heterocycles. The number of ether oxygens (including phenoxy) is 6. The number of aromatic nitrogens is 5. The van der Waals surface area contributed by atoms with E-state index in [1.54, 1.807) is 0 Å². The molecule has 18 rings (SSSR count). The molecule has 6 aromatic carbocycles. The van der Waals surface area contributed by atoms with Gasteiger partial charge in [0.2, 0.25) is 0 Å². The minimum absolute atomic E-state index is 0. The normalized spacial score (nSPS) is 24.5.